The highest BCUT2D eigenvalue weighted by Gasteiger charge is 2.20. The summed E-state index contributed by atoms with van der Waals surface area (Å²) < 4.78 is 9.09. The number of hydrogen-bond donors (Lipinski definition) is 0. The third-order valence-corrected chi connectivity index (χ3v) is 11.9. The molecule has 0 unspecified atom stereocenters. The van der Waals surface area contributed by atoms with E-state index in [9.17, 15) is 0 Å². The van der Waals surface area contributed by atoms with E-state index in [2.05, 4.69) is 187 Å². The number of furan rings is 1. The van der Waals surface area contributed by atoms with Crippen molar-refractivity contribution in [3.8, 4) is 73.2 Å². The minimum Gasteiger partial charge on any atom is -0.456 e. The lowest BCUT2D eigenvalue weighted by molar-refractivity contribution is 0.669. The molecule has 0 fully saturated rings. The van der Waals surface area contributed by atoms with Crippen molar-refractivity contribution in [2.24, 2.45) is 0 Å². The van der Waals surface area contributed by atoms with Crippen LogP contribution in [0.2, 0.25) is 0 Å². The van der Waals surface area contributed by atoms with Gasteiger partial charge in [0, 0.05) is 43.9 Å². The fraction of sp³-hybridized carbons (Fsp3) is 0. The molecule has 62 heavy (non-hydrogen) atoms. The fourth-order valence-electron chi connectivity index (χ4n) is 8.97. The van der Waals surface area contributed by atoms with Crippen molar-refractivity contribution in [2.45, 2.75) is 0 Å². The van der Waals surface area contributed by atoms with E-state index in [-0.39, 0.29) is 0 Å². The fourth-order valence-corrected chi connectivity index (χ4v) is 8.97. The maximum Gasteiger partial charge on any atom is 0.164 e. The summed E-state index contributed by atoms with van der Waals surface area (Å²) in [4.78, 5) is 15.1. The highest BCUT2D eigenvalue weighted by Crippen LogP contribution is 2.43. The van der Waals surface area contributed by atoms with Crippen LogP contribution in [0.25, 0.3) is 117 Å². The Morgan fingerprint density at radius 3 is 1.55 bits per heavy atom. The minimum atomic E-state index is 0.582. The van der Waals surface area contributed by atoms with Crippen molar-refractivity contribution >= 4 is 43.7 Å². The Labute approximate surface area is 357 Å². The zero-order valence-corrected chi connectivity index (χ0v) is 33.5. The first-order valence-corrected chi connectivity index (χ1v) is 20.8. The summed E-state index contributed by atoms with van der Waals surface area (Å²) in [7, 11) is 0. The molecular formula is C57H36N4O. The molecule has 0 radical (unpaired) electrons. The van der Waals surface area contributed by atoms with E-state index in [4.69, 9.17) is 19.4 Å². The molecule has 9 aromatic carbocycles. The lowest BCUT2D eigenvalue weighted by atomic mass is 9.91. The monoisotopic (exact) mass is 792 g/mol. The standard InChI is InChI=1S/C57H36N4O/c1-4-16-37(17-5-1)39-20-14-21-41(34-39)56-58-55(38-18-6-2-7-19-38)59-57(60-56)42-31-33-47-46-32-30-40(35-52(46)62-53(47)36-42)44-24-10-11-25-45(44)48-27-15-29-51-54(48)49-26-12-13-28-50(49)61(51)43-22-8-3-9-23-43/h1-36H. The molecule has 0 bridgehead atoms. The summed E-state index contributed by atoms with van der Waals surface area (Å²) in [6.45, 7) is 0. The number of rotatable bonds is 7. The van der Waals surface area contributed by atoms with Gasteiger partial charge in [0.25, 0.3) is 0 Å². The smallest absolute Gasteiger partial charge is 0.164 e. The van der Waals surface area contributed by atoms with Crippen LogP contribution in [0.5, 0.6) is 0 Å². The molecule has 0 aliphatic carbocycles. The molecule has 290 valence electrons. The Balaban J connectivity index is 0.962. The number of hydrogen-bond acceptors (Lipinski definition) is 4. The van der Waals surface area contributed by atoms with E-state index < -0.39 is 0 Å². The van der Waals surface area contributed by atoms with Crippen LogP contribution in [0, 0.1) is 0 Å². The number of fused-ring (bicyclic) bond motifs is 6. The van der Waals surface area contributed by atoms with Crippen LogP contribution in [-0.2, 0) is 0 Å². The number of nitrogens with zero attached hydrogens (tertiary/aromatic N) is 4. The van der Waals surface area contributed by atoms with Gasteiger partial charge in [0.2, 0.25) is 0 Å². The first-order chi connectivity index (χ1) is 30.7. The molecule has 3 aromatic heterocycles. The van der Waals surface area contributed by atoms with Gasteiger partial charge in [-0.3, -0.25) is 0 Å². The molecule has 5 heteroatoms. The quantitative estimate of drug-likeness (QED) is 0.161. The van der Waals surface area contributed by atoms with E-state index in [1.165, 1.54) is 32.9 Å². The van der Waals surface area contributed by atoms with Crippen LogP contribution in [0.4, 0.5) is 0 Å². The molecule has 3 heterocycles. The Morgan fingerprint density at radius 1 is 0.306 bits per heavy atom. The normalized spacial score (nSPS) is 11.5. The average Bonchev–Trinajstić information content (AvgIpc) is 3.90. The third-order valence-electron chi connectivity index (χ3n) is 11.9. The molecule has 0 atom stereocenters. The second-order valence-corrected chi connectivity index (χ2v) is 15.6. The first kappa shape index (κ1) is 35.5. The van der Waals surface area contributed by atoms with Crippen molar-refractivity contribution in [2.75, 3.05) is 0 Å². The molecule has 0 saturated heterocycles. The highest BCUT2D eigenvalue weighted by molar-refractivity contribution is 6.17. The lowest BCUT2D eigenvalue weighted by Crippen LogP contribution is -2.00. The van der Waals surface area contributed by atoms with E-state index in [1.807, 2.05) is 36.4 Å². The molecule has 0 spiro atoms. The zero-order chi connectivity index (χ0) is 41.0. The molecule has 0 aliphatic rings. The lowest BCUT2D eigenvalue weighted by Gasteiger charge is -2.12. The highest BCUT2D eigenvalue weighted by atomic mass is 16.3. The average molecular weight is 793 g/mol. The summed E-state index contributed by atoms with van der Waals surface area (Å²) in [6.07, 6.45) is 0. The maximum atomic E-state index is 6.72. The summed E-state index contributed by atoms with van der Waals surface area (Å²) >= 11 is 0. The van der Waals surface area contributed by atoms with Gasteiger partial charge >= 0.3 is 0 Å². The molecule has 12 rings (SSSR count). The predicted octanol–water partition coefficient (Wildman–Crippen LogP) is 14.9. The van der Waals surface area contributed by atoms with Crippen molar-refractivity contribution in [1.29, 1.82) is 0 Å². The molecule has 12 aromatic rings. The van der Waals surface area contributed by atoms with Gasteiger partial charge in [-0.1, -0.05) is 164 Å². The maximum absolute atomic E-state index is 6.72. The van der Waals surface area contributed by atoms with Crippen molar-refractivity contribution in [1.82, 2.24) is 19.5 Å². The van der Waals surface area contributed by atoms with Crippen molar-refractivity contribution in [3.63, 3.8) is 0 Å². The molecule has 0 aliphatic heterocycles. The van der Waals surface area contributed by atoms with Crippen LogP contribution >= 0.6 is 0 Å². The van der Waals surface area contributed by atoms with Crippen LogP contribution in [-0.4, -0.2) is 19.5 Å². The van der Waals surface area contributed by atoms with Crippen LogP contribution in [0.3, 0.4) is 0 Å². The summed E-state index contributed by atoms with van der Waals surface area (Å²) in [5, 5.41) is 4.55. The van der Waals surface area contributed by atoms with Crippen molar-refractivity contribution < 1.29 is 4.42 Å². The molecular weight excluding hydrogens is 757 g/mol. The van der Waals surface area contributed by atoms with Crippen LogP contribution in [0.1, 0.15) is 0 Å². The van der Waals surface area contributed by atoms with E-state index in [1.54, 1.807) is 0 Å². The topological polar surface area (TPSA) is 56.7 Å². The molecule has 5 nitrogen and oxygen atoms in total. The van der Waals surface area contributed by atoms with Gasteiger partial charge in [-0.25, -0.2) is 15.0 Å². The summed E-state index contributed by atoms with van der Waals surface area (Å²) in [6, 6.07) is 76.3. The van der Waals surface area contributed by atoms with Gasteiger partial charge in [-0.2, -0.15) is 0 Å². The second kappa shape index (κ2) is 14.7. The first-order valence-electron chi connectivity index (χ1n) is 20.8. The summed E-state index contributed by atoms with van der Waals surface area (Å²) in [5.41, 5.74) is 14.6. The Kier molecular flexibility index (Phi) is 8.42. The Bertz CT molecular complexity index is 3630. The van der Waals surface area contributed by atoms with Gasteiger partial charge in [0.15, 0.2) is 17.5 Å². The molecule has 0 amide bonds. The predicted molar refractivity (Wildman–Crippen MR) is 254 cm³/mol. The SMILES string of the molecule is c1ccc(-c2cccc(-c3nc(-c4ccccc4)nc(-c4ccc5c(c4)oc4cc(-c6ccccc6-c6cccc7c6c6ccccc6n7-c6ccccc6)ccc45)n3)c2)cc1. The Morgan fingerprint density at radius 2 is 0.806 bits per heavy atom. The number of benzene rings is 9. The van der Waals surface area contributed by atoms with Crippen LogP contribution < -0.4 is 0 Å². The van der Waals surface area contributed by atoms with Gasteiger partial charge < -0.3 is 8.98 Å². The third kappa shape index (κ3) is 6.06. The van der Waals surface area contributed by atoms with E-state index >= 15 is 0 Å². The minimum absolute atomic E-state index is 0.582. The van der Waals surface area contributed by atoms with E-state index in [0.29, 0.717) is 17.5 Å². The number of aromatic nitrogens is 4. The van der Waals surface area contributed by atoms with Gasteiger partial charge in [-0.15, -0.1) is 0 Å². The van der Waals surface area contributed by atoms with Gasteiger partial charge in [0.05, 0.1) is 11.0 Å². The summed E-state index contributed by atoms with van der Waals surface area (Å²) in [5.74, 6) is 1.81. The zero-order valence-electron chi connectivity index (χ0n) is 33.5. The number of para-hydroxylation sites is 2. The van der Waals surface area contributed by atoms with Crippen molar-refractivity contribution in [3.05, 3.63) is 218 Å². The van der Waals surface area contributed by atoms with Gasteiger partial charge in [0.1, 0.15) is 11.2 Å². The molecule has 0 N–H and O–H groups in total. The second-order valence-electron chi connectivity index (χ2n) is 15.6. The van der Waals surface area contributed by atoms with E-state index in [0.717, 1.165) is 66.6 Å². The van der Waals surface area contributed by atoms with Crippen LogP contribution in [0.15, 0.2) is 223 Å². The Hall–Kier alpha value is -8.41. The largest absolute Gasteiger partial charge is 0.456 e. The molecule has 0 saturated carbocycles. The van der Waals surface area contributed by atoms with Gasteiger partial charge in [-0.05, 0) is 88.0 Å².